The van der Waals surface area contributed by atoms with Crippen LogP contribution in [0.15, 0.2) is 42.5 Å². The summed E-state index contributed by atoms with van der Waals surface area (Å²) < 4.78 is 13.1. The molecule has 0 aromatic heterocycles. The maximum absolute atomic E-state index is 13.1. The van der Waals surface area contributed by atoms with Gasteiger partial charge in [-0.25, -0.2) is 4.39 Å². The Bertz CT molecular complexity index is 568. The fourth-order valence-electron chi connectivity index (χ4n) is 2.14. The Kier molecular flexibility index (Phi) is 4.56. The number of hydrogen-bond acceptors (Lipinski definition) is 1. The highest BCUT2D eigenvalue weighted by molar-refractivity contribution is 6.31. The number of rotatable bonds is 4. The molecule has 0 aliphatic rings. The van der Waals surface area contributed by atoms with Crippen LogP contribution < -0.4 is 5.73 Å². The molecule has 1 atom stereocenters. The lowest BCUT2D eigenvalue weighted by Crippen LogP contribution is -2.25. The smallest absolute Gasteiger partial charge is 0.123 e. The molecule has 19 heavy (non-hydrogen) atoms. The second kappa shape index (κ2) is 6.18. The largest absolute Gasteiger partial charge is 0.327 e. The van der Waals surface area contributed by atoms with Crippen molar-refractivity contribution in [2.24, 2.45) is 5.73 Å². The van der Waals surface area contributed by atoms with Crippen LogP contribution in [-0.2, 0) is 12.8 Å². The van der Waals surface area contributed by atoms with Crippen LogP contribution in [0, 0.1) is 12.7 Å². The molecular formula is C16H17ClFN. The minimum atomic E-state index is -0.224. The van der Waals surface area contributed by atoms with Gasteiger partial charge in [0.25, 0.3) is 0 Å². The Labute approximate surface area is 118 Å². The van der Waals surface area contributed by atoms with E-state index in [2.05, 4.69) is 0 Å². The molecule has 0 spiro atoms. The quantitative estimate of drug-likeness (QED) is 0.901. The molecule has 2 N–H and O–H groups in total. The van der Waals surface area contributed by atoms with E-state index in [0.29, 0.717) is 12.8 Å². The number of halogens is 2. The Morgan fingerprint density at radius 1 is 1.16 bits per heavy atom. The van der Waals surface area contributed by atoms with Crippen LogP contribution in [-0.4, -0.2) is 6.04 Å². The van der Waals surface area contributed by atoms with Crippen molar-refractivity contribution >= 4 is 11.6 Å². The van der Waals surface area contributed by atoms with E-state index in [1.807, 2.05) is 31.2 Å². The number of hydrogen-bond donors (Lipinski definition) is 1. The molecule has 0 amide bonds. The summed E-state index contributed by atoms with van der Waals surface area (Å²) in [5, 5.41) is 0.745. The minimum absolute atomic E-state index is 0.0676. The van der Waals surface area contributed by atoms with Crippen molar-refractivity contribution in [2.45, 2.75) is 25.8 Å². The molecule has 0 aliphatic heterocycles. The normalized spacial score (nSPS) is 12.4. The van der Waals surface area contributed by atoms with Gasteiger partial charge in [-0.05, 0) is 54.7 Å². The number of nitrogens with two attached hydrogens (primary N) is 1. The molecule has 0 fully saturated rings. The van der Waals surface area contributed by atoms with E-state index in [1.54, 1.807) is 6.07 Å². The molecular weight excluding hydrogens is 261 g/mol. The van der Waals surface area contributed by atoms with Gasteiger partial charge in [0.15, 0.2) is 0 Å². The molecule has 0 heterocycles. The Balaban J connectivity index is 2.03. The monoisotopic (exact) mass is 277 g/mol. The van der Waals surface area contributed by atoms with Gasteiger partial charge in [0.2, 0.25) is 0 Å². The summed E-state index contributed by atoms with van der Waals surface area (Å²) in [6, 6.07) is 12.4. The summed E-state index contributed by atoms with van der Waals surface area (Å²) >= 11 is 6.19. The average Bonchev–Trinajstić information content (AvgIpc) is 2.33. The van der Waals surface area contributed by atoms with Gasteiger partial charge in [-0.15, -0.1) is 0 Å². The first-order valence-electron chi connectivity index (χ1n) is 6.29. The minimum Gasteiger partial charge on any atom is -0.327 e. The zero-order valence-corrected chi connectivity index (χ0v) is 11.6. The van der Waals surface area contributed by atoms with E-state index in [1.165, 1.54) is 12.1 Å². The highest BCUT2D eigenvalue weighted by atomic mass is 35.5. The molecule has 0 aliphatic carbocycles. The second-order valence-corrected chi connectivity index (χ2v) is 5.30. The van der Waals surface area contributed by atoms with Gasteiger partial charge in [0.05, 0.1) is 0 Å². The zero-order chi connectivity index (χ0) is 13.8. The molecule has 0 bridgehead atoms. The van der Waals surface area contributed by atoms with Gasteiger partial charge >= 0.3 is 0 Å². The van der Waals surface area contributed by atoms with Crippen LogP contribution in [0.5, 0.6) is 0 Å². The maximum atomic E-state index is 13.1. The first-order chi connectivity index (χ1) is 9.04. The second-order valence-electron chi connectivity index (χ2n) is 4.89. The zero-order valence-electron chi connectivity index (χ0n) is 10.9. The molecule has 0 saturated carbocycles. The summed E-state index contributed by atoms with van der Waals surface area (Å²) in [5.74, 6) is -0.224. The van der Waals surface area contributed by atoms with Crippen LogP contribution in [0.1, 0.15) is 16.7 Å². The van der Waals surface area contributed by atoms with Crippen molar-refractivity contribution in [2.75, 3.05) is 0 Å². The molecule has 1 nitrogen and oxygen atoms in total. The molecule has 0 radical (unpaired) electrons. The van der Waals surface area contributed by atoms with E-state index in [0.717, 1.165) is 21.7 Å². The van der Waals surface area contributed by atoms with Crippen molar-refractivity contribution in [3.63, 3.8) is 0 Å². The molecule has 2 aromatic rings. The van der Waals surface area contributed by atoms with Gasteiger partial charge in [0.1, 0.15) is 5.82 Å². The highest BCUT2D eigenvalue weighted by Crippen LogP contribution is 2.19. The van der Waals surface area contributed by atoms with Crippen molar-refractivity contribution < 1.29 is 4.39 Å². The van der Waals surface area contributed by atoms with Crippen molar-refractivity contribution in [3.05, 3.63) is 70.0 Å². The van der Waals surface area contributed by atoms with Gasteiger partial charge in [-0.3, -0.25) is 0 Å². The molecule has 2 rings (SSSR count). The van der Waals surface area contributed by atoms with Crippen LogP contribution in [0.2, 0.25) is 5.02 Å². The van der Waals surface area contributed by atoms with Crippen LogP contribution in [0.25, 0.3) is 0 Å². The summed E-state index contributed by atoms with van der Waals surface area (Å²) in [4.78, 5) is 0. The molecule has 1 unspecified atom stereocenters. The Morgan fingerprint density at radius 3 is 2.63 bits per heavy atom. The fraction of sp³-hybridized carbons (Fsp3) is 0.250. The van der Waals surface area contributed by atoms with Gasteiger partial charge in [0, 0.05) is 11.1 Å². The number of aryl methyl sites for hydroxylation is 1. The van der Waals surface area contributed by atoms with Crippen molar-refractivity contribution in [3.8, 4) is 0 Å². The third-order valence-corrected chi connectivity index (χ3v) is 3.43. The van der Waals surface area contributed by atoms with Gasteiger partial charge in [-0.1, -0.05) is 35.9 Å². The van der Waals surface area contributed by atoms with Crippen LogP contribution >= 0.6 is 11.6 Å². The number of benzene rings is 2. The van der Waals surface area contributed by atoms with E-state index in [4.69, 9.17) is 17.3 Å². The predicted octanol–water partition coefficient (Wildman–Crippen LogP) is 3.90. The Morgan fingerprint density at radius 2 is 1.95 bits per heavy atom. The lowest BCUT2D eigenvalue weighted by atomic mass is 9.99. The molecule has 100 valence electrons. The van der Waals surface area contributed by atoms with E-state index in [-0.39, 0.29) is 11.9 Å². The third-order valence-electron chi connectivity index (χ3n) is 3.08. The lowest BCUT2D eigenvalue weighted by molar-refractivity contribution is 0.618. The van der Waals surface area contributed by atoms with E-state index >= 15 is 0 Å². The Hall–Kier alpha value is -1.38. The molecule has 0 saturated heterocycles. The van der Waals surface area contributed by atoms with Crippen molar-refractivity contribution in [1.29, 1.82) is 0 Å². The lowest BCUT2D eigenvalue weighted by Gasteiger charge is -2.13. The summed E-state index contributed by atoms with van der Waals surface area (Å²) in [5.41, 5.74) is 9.20. The predicted molar refractivity (Wildman–Crippen MR) is 78.0 cm³/mol. The first-order valence-corrected chi connectivity index (χ1v) is 6.67. The molecule has 2 aromatic carbocycles. The van der Waals surface area contributed by atoms with Crippen molar-refractivity contribution in [1.82, 2.24) is 0 Å². The van der Waals surface area contributed by atoms with Crippen LogP contribution in [0.3, 0.4) is 0 Å². The highest BCUT2D eigenvalue weighted by Gasteiger charge is 2.09. The average molecular weight is 278 g/mol. The topological polar surface area (TPSA) is 26.0 Å². The standard InChI is InChI=1S/C16H17ClFN/c1-11-5-6-13(16(17)7-11)10-15(19)9-12-3-2-4-14(18)8-12/h2-8,15H,9-10,19H2,1H3. The third kappa shape index (κ3) is 4.05. The fourth-order valence-corrected chi connectivity index (χ4v) is 2.45. The van der Waals surface area contributed by atoms with Gasteiger partial charge in [-0.2, -0.15) is 0 Å². The SMILES string of the molecule is Cc1ccc(CC(N)Cc2cccc(F)c2)c(Cl)c1. The summed E-state index contributed by atoms with van der Waals surface area (Å²) in [7, 11) is 0. The molecule has 3 heteroatoms. The van der Waals surface area contributed by atoms with E-state index in [9.17, 15) is 4.39 Å². The first kappa shape index (κ1) is 14.0. The van der Waals surface area contributed by atoms with E-state index < -0.39 is 0 Å². The summed E-state index contributed by atoms with van der Waals surface area (Å²) in [6.45, 7) is 2.00. The van der Waals surface area contributed by atoms with Gasteiger partial charge < -0.3 is 5.73 Å². The maximum Gasteiger partial charge on any atom is 0.123 e. The summed E-state index contributed by atoms with van der Waals surface area (Å²) in [6.07, 6.45) is 1.33. The van der Waals surface area contributed by atoms with Crippen LogP contribution in [0.4, 0.5) is 4.39 Å².